The van der Waals surface area contributed by atoms with Crippen LogP contribution >= 0.6 is 0 Å². The van der Waals surface area contributed by atoms with E-state index in [0.717, 1.165) is 42.7 Å². The van der Waals surface area contributed by atoms with Gasteiger partial charge in [-0.25, -0.2) is 4.98 Å². The van der Waals surface area contributed by atoms with Gasteiger partial charge < -0.3 is 9.47 Å². The van der Waals surface area contributed by atoms with E-state index in [1.165, 1.54) is 56.9 Å². The molecule has 1 aromatic carbocycles. The van der Waals surface area contributed by atoms with Crippen molar-refractivity contribution in [2.24, 2.45) is 5.92 Å². The summed E-state index contributed by atoms with van der Waals surface area (Å²) in [5.74, 6) is 2.30. The van der Waals surface area contributed by atoms with Crippen LogP contribution in [0.15, 0.2) is 54.2 Å². The van der Waals surface area contributed by atoms with Crippen LogP contribution in [0.5, 0.6) is 11.6 Å². The van der Waals surface area contributed by atoms with Crippen molar-refractivity contribution < 1.29 is 9.47 Å². The Balaban J connectivity index is 1.64. The van der Waals surface area contributed by atoms with Crippen LogP contribution in [0.25, 0.3) is 11.1 Å². The van der Waals surface area contributed by atoms with Crippen molar-refractivity contribution in [1.29, 1.82) is 0 Å². The molecular weight excluding hydrogens is 418 g/mol. The van der Waals surface area contributed by atoms with Gasteiger partial charge in [0.05, 0.1) is 13.2 Å². The molecule has 188 valence electrons. The Hall–Kier alpha value is -2.29. The number of rotatable bonds is 18. The number of aromatic nitrogens is 1. The van der Waals surface area contributed by atoms with Crippen LogP contribution < -0.4 is 9.47 Å². The molecular formula is C31H47NO2. The lowest BCUT2D eigenvalue weighted by atomic mass is 10.0. The lowest BCUT2D eigenvalue weighted by Crippen LogP contribution is -2.05. The number of hydrogen-bond donors (Lipinski definition) is 0. The molecule has 0 saturated heterocycles. The van der Waals surface area contributed by atoms with E-state index in [4.69, 9.17) is 9.47 Å². The molecule has 3 nitrogen and oxygen atoms in total. The van der Waals surface area contributed by atoms with Gasteiger partial charge >= 0.3 is 0 Å². The first kappa shape index (κ1) is 28.0. The topological polar surface area (TPSA) is 31.4 Å². The molecule has 1 heterocycles. The minimum absolute atomic E-state index is 0.658. The van der Waals surface area contributed by atoms with Crippen LogP contribution in [0.3, 0.4) is 0 Å². The van der Waals surface area contributed by atoms with Crippen molar-refractivity contribution in [3.8, 4) is 22.8 Å². The summed E-state index contributed by atoms with van der Waals surface area (Å²) in [5, 5.41) is 0. The fraction of sp³-hybridized carbons (Fsp3) is 0.581. The van der Waals surface area contributed by atoms with Gasteiger partial charge in [-0.05, 0) is 69.2 Å². The summed E-state index contributed by atoms with van der Waals surface area (Å²) in [4.78, 5) is 4.50. The van der Waals surface area contributed by atoms with E-state index in [2.05, 4.69) is 69.1 Å². The predicted molar refractivity (Wildman–Crippen MR) is 146 cm³/mol. The molecule has 0 amide bonds. The standard InChI is InChI=1S/C31H47NO2/c1-5-6-7-8-9-10-11-12-23-33-30-19-16-28(17-20-30)29-18-21-31(32-25-29)34-24-22-27(4)15-13-14-26(2)3/h14,16-21,25,27H,5-13,15,22-24H2,1-4H3/t27-/m1/s1. The predicted octanol–water partition coefficient (Wildman–Crippen LogP) is 9.42. The first-order valence-corrected chi connectivity index (χ1v) is 13.5. The average Bonchev–Trinajstić information content (AvgIpc) is 2.84. The second-order valence-electron chi connectivity index (χ2n) is 9.83. The van der Waals surface area contributed by atoms with Gasteiger partial charge in [-0.3, -0.25) is 0 Å². The molecule has 2 rings (SSSR count). The van der Waals surface area contributed by atoms with E-state index in [1.807, 2.05) is 12.3 Å². The highest BCUT2D eigenvalue weighted by atomic mass is 16.5. The van der Waals surface area contributed by atoms with Crippen LogP contribution in [0.4, 0.5) is 0 Å². The Labute approximate surface area is 209 Å². The van der Waals surface area contributed by atoms with Crippen molar-refractivity contribution in [3.63, 3.8) is 0 Å². The second-order valence-corrected chi connectivity index (χ2v) is 9.83. The van der Waals surface area contributed by atoms with Crippen LogP contribution in [0.2, 0.25) is 0 Å². The zero-order chi connectivity index (χ0) is 24.4. The first-order chi connectivity index (χ1) is 16.6. The van der Waals surface area contributed by atoms with E-state index in [-0.39, 0.29) is 0 Å². The van der Waals surface area contributed by atoms with Crippen molar-refractivity contribution >= 4 is 0 Å². The molecule has 1 atom stereocenters. The molecule has 1 aromatic heterocycles. The second kappa shape index (κ2) is 17.2. The summed E-state index contributed by atoms with van der Waals surface area (Å²) in [5.41, 5.74) is 3.64. The average molecular weight is 466 g/mol. The number of pyridine rings is 1. The summed E-state index contributed by atoms with van der Waals surface area (Å²) >= 11 is 0. The van der Waals surface area contributed by atoms with Crippen molar-refractivity contribution in [1.82, 2.24) is 4.98 Å². The Morgan fingerprint density at radius 1 is 0.794 bits per heavy atom. The first-order valence-electron chi connectivity index (χ1n) is 13.5. The molecule has 3 heteroatoms. The van der Waals surface area contributed by atoms with Crippen LogP contribution in [0.1, 0.15) is 98.3 Å². The minimum Gasteiger partial charge on any atom is -0.494 e. The number of nitrogens with zero attached hydrogens (tertiary/aromatic N) is 1. The lowest BCUT2D eigenvalue weighted by Gasteiger charge is -2.11. The fourth-order valence-corrected chi connectivity index (χ4v) is 3.97. The number of ether oxygens (including phenoxy) is 2. The van der Waals surface area contributed by atoms with Crippen LogP contribution in [0, 0.1) is 5.92 Å². The van der Waals surface area contributed by atoms with Crippen molar-refractivity contribution in [3.05, 3.63) is 54.2 Å². The summed E-state index contributed by atoms with van der Waals surface area (Å²) in [7, 11) is 0. The molecule has 0 unspecified atom stereocenters. The molecule has 0 aliphatic heterocycles. The monoisotopic (exact) mass is 465 g/mol. The summed E-state index contributed by atoms with van der Waals surface area (Å²) in [6.07, 6.45) is 18.2. The van der Waals surface area contributed by atoms with Gasteiger partial charge in [0.2, 0.25) is 5.88 Å². The quantitative estimate of drug-likeness (QED) is 0.162. The Morgan fingerprint density at radius 2 is 1.47 bits per heavy atom. The fourth-order valence-electron chi connectivity index (χ4n) is 3.97. The zero-order valence-corrected chi connectivity index (χ0v) is 22.2. The number of allylic oxidation sites excluding steroid dienone is 2. The summed E-state index contributed by atoms with van der Waals surface area (Å²) < 4.78 is 11.8. The van der Waals surface area contributed by atoms with Crippen LogP contribution in [-0.2, 0) is 0 Å². The summed E-state index contributed by atoms with van der Waals surface area (Å²) in [6.45, 7) is 10.4. The van der Waals surface area contributed by atoms with E-state index < -0.39 is 0 Å². The number of hydrogen-bond acceptors (Lipinski definition) is 3. The highest BCUT2D eigenvalue weighted by Crippen LogP contribution is 2.24. The molecule has 0 saturated carbocycles. The smallest absolute Gasteiger partial charge is 0.213 e. The molecule has 34 heavy (non-hydrogen) atoms. The Kier molecular flexibility index (Phi) is 14.1. The van der Waals surface area contributed by atoms with Crippen LogP contribution in [-0.4, -0.2) is 18.2 Å². The summed E-state index contributed by atoms with van der Waals surface area (Å²) in [6, 6.07) is 12.4. The van der Waals surface area contributed by atoms with Gasteiger partial charge in [-0.1, -0.05) is 82.6 Å². The molecule has 0 fully saturated rings. The maximum atomic E-state index is 5.92. The normalized spacial score (nSPS) is 11.8. The Bertz CT molecular complexity index is 791. The molecule has 0 spiro atoms. The van der Waals surface area contributed by atoms with E-state index in [1.54, 1.807) is 0 Å². The number of unbranched alkanes of at least 4 members (excludes halogenated alkanes) is 7. The van der Waals surface area contributed by atoms with E-state index in [9.17, 15) is 0 Å². The maximum absolute atomic E-state index is 5.92. The van der Waals surface area contributed by atoms with Gasteiger partial charge in [-0.15, -0.1) is 0 Å². The van der Waals surface area contributed by atoms with Crippen molar-refractivity contribution in [2.75, 3.05) is 13.2 Å². The lowest BCUT2D eigenvalue weighted by molar-refractivity contribution is 0.270. The third-order valence-corrected chi connectivity index (χ3v) is 6.26. The molecule has 2 aromatic rings. The highest BCUT2D eigenvalue weighted by Gasteiger charge is 2.04. The molecule has 0 radical (unpaired) electrons. The maximum Gasteiger partial charge on any atom is 0.213 e. The molecule has 0 bridgehead atoms. The van der Waals surface area contributed by atoms with Gasteiger partial charge in [-0.2, -0.15) is 0 Å². The third kappa shape index (κ3) is 12.3. The van der Waals surface area contributed by atoms with Gasteiger partial charge in [0.1, 0.15) is 5.75 Å². The van der Waals surface area contributed by atoms with E-state index >= 15 is 0 Å². The number of benzene rings is 1. The molecule has 0 aliphatic rings. The molecule has 0 aliphatic carbocycles. The SMILES string of the molecule is CCCCCCCCCCOc1ccc(-c2ccc(OCC[C@H](C)CCC=C(C)C)nc2)cc1. The zero-order valence-electron chi connectivity index (χ0n) is 22.2. The van der Waals surface area contributed by atoms with Crippen molar-refractivity contribution in [2.45, 2.75) is 98.3 Å². The highest BCUT2D eigenvalue weighted by molar-refractivity contribution is 5.63. The minimum atomic E-state index is 0.658. The van der Waals surface area contributed by atoms with Gasteiger partial charge in [0.25, 0.3) is 0 Å². The van der Waals surface area contributed by atoms with E-state index in [0.29, 0.717) is 18.4 Å². The largest absolute Gasteiger partial charge is 0.494 e. The van der Waals surface area contributed by atoms with Gasteiger partial charge in [0, 0.05) is 17.8 Å². The molecule has 0 N–H and O–H groups in total. The van der Waals surface area contributed by atoms with Gasteiger partial charge in [0.15, 0.2) is 0 Å². The third-order valence-electron chi connectivity index (χ3n) is 6.26. The Morgan fingerprint density at radius 3 is 2.12 bits per heavy atom.